The van der Waals surface area contributed by atoms with Gasteiger partial charge in [-0.15, -0.1) is 0 Å². The first kappa shape index (κ1) is 18.6. The molecule has 136 valence electrons. The number of para-hydroxylation sites is 1. The van der Waals surface area contributed by atoms with Crippen molar-refractivity contribution >= 4 is 24.2 Å². The van der Waals surface area contributed by atoms with E-state index in [9.17, 15) is 9.18 Å². The topological polar surface area (TPSA) is 47.6 Å². The van der Waals surface area contributed by atoms with Crippen molar-refractivity contribution in [3.63, 3.8) is 0 Å². The summed E-state index contributed by atoms with van der Waals surface area (Å²) in [5.41, 5.74) is 1.14. The summed E-state index contributed by atoms with van der Waals surface area (Å²) in [6.07, 6.45) is 0.165. The number of halogens is 1. The molecule has 0 unspecified atom stereocenters. The first-order chi connectivity index (χ1) is 12.2. The SMILES string of the molecule is CC1(C)OB(c2ccc(CC(=O)Nc3ccccc3F)cc2)OC1(C)C. The second-order valence-electron chi connectivity index (χ2n) is 7.53. The van der Waals surface area contributed by atoms with Crippen LogP contribution in [0.4, 0.5) is 10.1 Å². The van der Waals surface area contributed by atoms with Gasteiger partial charge < -0.3 is 14.6 Å². The Balaban J connectivity index is 1.63. The van der Waals surface area contributed by atoms with Crippen molar-refractivity contribution in [3.8, 4) is 0 Å². The van der Waals surface area contributed by atoms with Crippen LogP contribution in [-0.4, -0.2) is 24.2 Å². The summed E-state index contributed by atoms with van der Waals surface area (Å²) in [6, 6.07) is 13.6. The van der Waals surface area contributed by atoms with Crippen LogP contribution in [0.2, 0.25) is 0 Å². The van der Waals surface area contributed by atoms with Gasteiger partial charge in [0.15, 0.2) is 0 Å². The zero-order valence-electron chi connectivity index (χ0n) is 15.5. The molecule has 1 saturated heterocycles. The highest BCUT2D eigenvalue weighted by molar-refractivity contribution is 6.62. The summed E-state index contributed by atoms with van der Waals surface area (Å²) in [4.78, 5) is 12.1. The third-order valence-corrected chi connectivity index (χ3v) is 5.02. The Morgan fingerprint density at radius 3 is 2.15 bits per heavy atom. The molecule has 0 aliphatic carbocycles. The standard InChI is InChI=1S/C20H23BFNO3/c1-19(2)20(3,4)26-21(25-19)15-11-9-14(10-12-15)13-18(24)23-17-8-6-5-7-16(17)22/h5-12H,13H2,1-4H3,(H,23,24). The van der Waals surface area contributed by atoms with E-state index in [1.165, 1.54) is 12.1 Å². The van der Waals surface area contributed by atoms with E-state index in [1.54, 1.807) is 12.1 Å². The number of carbonyl (C=O) groups excluding carboxylic acids is 1. The molecule has 1 aliphatic heterocycles. The van der Waals surface area contributed by atoms with Crippen molar-refractivity contribution in [1.82, 2.24) is 0 Å². The maximum atomic E-state index is 13.6. The minimum atomic E-state index is -0.447. The first-order valence-corrected chi connectivity index (χ1v) is 8.67. The number of amides is 1. The third kappa shape index (κ3) is 3.81. The van der Waals surface area contributed by atoms with Gasteiger partial charge in [0.25, 0.3) is 0 Å². The van der Waals surface area contributed by atoms with Gasteiger partial charge >= 0.3 is 7.12 Å². The molecule has 0 aromatic heterocycles. The van der Waals surface area contributed by atoms with Crippen LogP contribution >= 0.6 is 0 Å². The molecule has 26 heavy (non-hydrogen) atoms. The van der Waals surface area contributed by atoms with Gasteiger partial charge in [0.05, 0.1) is 23.3 Å². The molecule has 1 fully saturated rings. The number of carbonyl (C=O) groups is 1. The monoisotopic (exact) mass is 355 g/mol. The zero-order valence-corrected chi connectivity index (χ0v) is 15.5. The van der Waals surface area contributed by atoms with Crippen LogP contribution in [0.25, 0.3) is 0 Å². The molecule has 2 aromatic carbocycles. The molecular formula is C20H23BFNO3. The van der Waals surface area contributed by atoms with Crippen LogP contribution in [0.15, 0.2) is 48.5 Å². The second kappa shape index (κ2) is 6.85. The Morgan fingerprint density at radius 2 is 1.58 bits per heavy atom. The van der Waals surface area contributed by atoms with Gasteiger partial charge in [-0.1, -0.05) is 36.4 Å². The Hall–Kier alpha value is -2.18. The summed E-state index contributed by atoms with van der Waals surface area (Å²) < 4.78 is 25.6. The van der Waals surface area contributed by atoms with Crippen LogP contribution in [0, 0.1) is 5.82 Å². The van der Waals surface area contributed by atoms with Crippen molar-refractivity contribution < 1.29 is 18.5 Å². The maximum absolute atomic E-state index is 13.6. The average molecular weight is 355 g/mol. The van der Waals surface area contributed by atoms with Gasteiger partial charge in [-0.2, -0.15) is 0 Å². The molecule has 0 saturated carbocycles. The van der Waals surface area contributed by atoms with E-state index in [4.69, 9.17) is 9.31 Å². The molecule has 4 nitrogen and oxygen atoms in total. The molecule has 3 rings (SSSR count). The van der Waals surface area contributed by atoms with Gasteiger partial charge in [0.1, 0.15) is 5.82 Å². The molecular weight excluding hydrogens is 332 g/mol. The van der Waals surface area contributed by atoms with E-state index < -0.39 is 24.1 Å². The number of nitrogens with one attached hydrogen (secondary N) is 1. The van der Waals surface area contributed by atoms with E-state index in [-0.39, 0.29) is 18.0 Å². The van der Waals surface area contributed by atoms with E-state index in [0.29, 0.717) is 0 Å². The quantitative estimate of drug-likeness (QED) is 0.856. The Morgan fingerprint density at radius 1 is 1.00 bits per heavy atom. The lowest BCUT2D eigenvalue weighted by Crippen LogP contribution is -2.41. The van der Waals surface area contributed by atoms with Crippen molar-refractivity contribution in [2.45, 2.75) is 45.3 Å². The number of rotatable bonds is 4. The lowest BCUT2D eigenvalue weighted by atomic mass is 9.79. The normalized spacial score (nSPS) is 18.0. The lowest BCUT2D eigenvalue weighted by molar-refractivity contribution is -0.115. The summed E-state index contributed by atoms with van der Waals surface area (Å²) in [7, 11) is -0.429. The highest BCUT2D eigenvalue weighted by Gasteiger charge is 2.51. The average Bonchev–Trinajstić information content (AvgIpc) is 2.78. The van der Waals surface area contributed by atoms with Crippen molar-refractivity contribution in [2.24, 2.45) is 0 Å². The predicted octanol–water partition coefficient (Wildman–Crippen LogP) is 3.31. The van der Waals surface area contributed by atoms with Gasteiger partial charge in [-0.25, -0.2) is 4.39 Å². The van der Waals surface area contributed by atoms with Crippen LogP contribution in [0.1, 0.15) is 33.3 Å². The van der Waals surface area contributed by atoms with Gasteiger partial charge in [-0.3, -0.25) is 4.79 Å². The molecule has 1 aliphatic rings. The van der Waals surface area contributed by atoms with Gasteiger partial charge in [-0.05, 0) is 50.9 Å². The minimum Gasteiger partial charge on any atom is -0.399 e. The van der Waals surface area contributed by atoms with E-state index in [1.807, 2.05) is 52.0 Å². The molecule has 0 bridgehead atoms. The van der Waals surface area contributed by atoms with Gasteiger partial charge in [0, 0.05) is 0 Å². The molecule has 0 atom stereocenters. The molecule has 1 amide bonds. The highest BCUT2D eigenvalue weighted by atomic mass is 19.1. The van der Waals surface area contributed by atoms with Crippen LogP contribution < -0.4 is 10.8 Å². The van der Waals surface area contributed by atoms with E-state index >= 15 is 0 Å². The molecule has 2 aromatic rings. The van der Waals surface area contributed by atoms with Crippen LogP contribution in [0.3, 0.4) is 0 Å². The largest absolute Gasteiger partial charge is 0.494 e. The molecule has 1 heterocycles. The zero-order chi connectivity index (χ0) is 18.9. The van der Waals surface area contributed by atoms with Crippen LogP contribution in [0.5, 0.6) is 0 Å². The Kier molecular flexibility index (Phi) is 4.91. The molecule has 6 heteroatoms. The van der Waals surface area contributed by atoms with Crippen molar-refractivity contribution in [2.75, 3.05) is 5.32 Å². The minimum absolute atomic E-state index is 0.165. The fraction of sp³-hybridized carbons (Fsp3) is 0.350. The molecule has 0 spiro atoms. The van der Waals surface area contributed by atoms with Crippen molar-refractivity contribution in [1.29, 1.82) is 0 Å². The number of hydrogen-bond donors (Lipinski definition) is 1. The predicted molar refractivity (Wildman–Crippen MR) is 101 cm³/mol. The fourth-order valence-electron chi connectivity index (χ4n) is 2.71. The molecule has 0 radical (unpaired) electrons. The first-order valence-electron chi connectivity index (χ1n) is 8.67. The smallest absolute Gasteiger partial charge is 0.399 e. The summed E-state index contributed by atoms with van der Waals surface area (Å²) in [5.74, 6) is -0.713. The van der Waals surface area contributed by atoms with Gasteiger partial charge in [0.2, 0.25) is 5.91 Å². The third-order valence-electron chi connectivity index (χ3n) is 5.02. The van der Waals surface area contributed by atoms with E-state index in [2.05, 4.69) is 5.32 Å². The number of anilines is 1. The maximum Gasteiger partial charge on any atom is 0.494 e. The summed E-state index contributed by atoms with van der Waals surface area (Å²) in [6.45, 7) is 8.03. The Bertz CT molecular complexity index is 789. The number of hydrogen-bond acceptors (Lipinski definition) is 3. The van der Waals surface area contributed by atoms with E-state index in [0.717, 1.165) is 11.0 Å². The second-order valence-corrected chi connectivity index (χ2v) is 7.53. The fourth-order valence-corrected chi connectivity index (χ4v) is 2.71. The van der Waals surface area contributed by atoms with Crippen molar-refractivity contribution in [3.05, 3.63) is 59.9 Å². The Labute approximate surface area is 153 Å². The summed E-state index contributed by atoms with van der Waals surface area (Å²) >= 11 is 0. The highest BCUT2D eigenvalue weighted by Crippen LogP contribution is 2.36. The summed E-state index contributed by atoms with van der Waals surface area (Å²) in [5, 5.41) is 2.59. The van der Waals surface area contributed by atoms with Crippen LogP contribution in [-0.2, 0) is 20.5 Å². The molecule has 1 N–H and O–H groups in total. The number of benzene rings is 2. The lowest BCUT2D eigenvalue weighted by Gasteiger charge is -2.32.